The van der Waals surface area contributed by atoms with E-state index >= 15 is 0 Å². The minimum atomic E-state index is -0.514. The monoisotopic (exact) mass is 224 g/mol. The molecule has 0 bridgehead atoms. The van der Waals surface area contributed by atoms with Crippen molar-refractivity contribution in [3.8, 4) is 11.5 Å². The second-order valence-corrected chi connectivity index (χ2v) is 3.68. The van der Waals surface area contributed by atoms with Gasteiger partial charge in [0.2, 0.25) is 0 Å². The number of aliphatic hydroxyl groups excluding tert-OH is 1. The lowest BCUT2D eigenvalue weighted by molar-refractivity contribution is 0.197. The number of hydrogen-bond donors (Lipinski definition) is 1. The maximum atomic E-state index is 9.68. The Morgan fingerprint density at radius 2 is 1.81 bits per heavy atom. The molecule has 0 fully saturated rings. The van der Waals surface area contributed by atoms with Gasteiger partial charge in [0.1, 0.15) is 11.5 Å². The molecule has 1 rings (SSSR count). The molecule has 1 aromatic carbocycles. The van der Waals surface area contributed by atoms with E-state index in [4.69, 9.17) is 9.47 Å². The van der Waals surface area contributed by atoms with Crippen LogP contribution in [0.15, 0.2) is 12.1 Å². The van der Waals surface area contributed by atoms with Crippen LogP contribution in [0.25, 0.3) is 0 Å². The van der Waals surface area contributed by atoms with Crippen molar-refractivity contribution < 1.29 is 14.6 Å². The Kier molecular flexibility index (Phi) is 4.62. The van der Waals surface area contributed by atoms with E-state index in [-0.39, 0.29) is 0 Å². The summed E-state index contributed by atoms with van der Waals surface area (Å²) in [7, 11) is 0. The van der Waals surface area contributed by atoms with Gasteiger partial charge in [0.15, 0.2) is 0 Å². The molecule has 0 saturated carbocycles. The smallest absolute Gasteiger partial charge is 0.126 e. The number of rotatable bonds is 5. The van der Waals surface area contributed by atoms with Crippen molar-refractivity contribution in [3.05, 3.63) is 23.3 Å². The number of aliphatic hydroxyl groups is 1. The van der Waals surface area contributed by atoms with Gasteiger partial charge in [-0.25, -0.2) is 0 Å². The maximum Gasteiger partial charge on any atom is 0.126 e. The van der Waals surface area contributed by atoms with E-state index in [2.05, 4.69) is 0 Å². The Hall–Kier alpha value is -1.22. The second-order valence-electron chi connectivity index (χ2n) is 3.68. The number of benzene rings is 1. The maximum absolute atomic E-state index is 9.68. The van der Waals surface area contributed by atoms with Crippen molar-refractivity contribution in [2.24, 2.45) is 0 Å². The predicted molar refractivity (Wildman–Crippen MR) is 64.2 cm³/mol. The third-order valence-electron chi connectivity index (χ3n) is 2.43. The summed E-state index contributed by atoms with van der Waals surface area (Å²) in [6.07, 6.45) is -0.514. The Morgan fingerprint density at radius 1 is 1.19 bits per heavy atom. The lowest BCUT2D eigenvalue weighted by Crippen LogP contribution is -2.02. The van der Waals surface area contributed by atoms with Crippen LogP contribution in [0.1, 0.15) is 38.0 Å². The highest BCUT2D eigenvalue weighted by Gasteiger charge is 2.12. The molecule has 0 radical (unpaired) electrons. The van der Waals surface area contributed by atoms with Crippen LogP contribution in [0.4, 0.5) is 0 Å². The van der Waals surface area contributed by atoms with Crippen molar-refractivity contribution in [1.82, 2.24) is 0 Å². The Labute approximate surface area is 97.0 Å². The largest absolute Gasteiger partial charge is 0.494 e. The van der Waals surface area contributed by atoms with E-state index < -0.39 is 6.10 Å². The molecule has 0 aliphatic carbocycles. The molecule has 1 aromatic rings. The van der Waals surface area contributed by atoms with Crippen LogP contribution >= 0.6 is 0 Å². The lowest BCUT2D eigenvalue weighted by atomic mass is 10.0. The third kappa shape index (κ3) is 2.89. The molecule has 0 amide bonds. The van der Waals surface area contributed by atoms with Crippen molar-refractivity contribution in [2.75, 3.05) is 13.2 Å². The van der Waals surface area contributed by atoms with Crippen LogP contribution in [-0.2, 0) is 0 Å². The van der Waals surface area contributed by atoms with Gasteiger partial charge in [-0.3, -0.25) is 0 Å². The van der Waals surface area contributed by atoms with Crippen LogP contribution in [-0.4, -0.2) is 18.3 Å². The van der Waals surface area contributed by atoms with E-state index in [1.54, 1.807) is 6.92 Å². The molecule has 0 aliphatic heterocycles. The van der Waals surface area contributed by atoms with E-state index in [1.165, 1.54) is 0 Å². The van der Waals surface area contributed by atoms with E-state index in [1.807, 2.05) is 32.9 Å². The third-order valence-corrected chi connectivity index (χ3v) is 2.43. The molecule has 3 nitrogen and oxygen atoms in total. The summed E-state index contributed by atoms with van der Waals surface area (Å²) in [5.41, 5.74) is 1.83. The average Bonchev–Trinajstić information content (AvgIpc) is 2.23. The average molecular weight is 224 g/mol. The topological polar surface area (TPSA) is 38.7 Å². The van der Waals surface area contributed by atoms with Crippen molar-refractivity contribution >= 4 is 0 Å². The summed E-state index contributed by atoms with van der Waals surface area (Å²) in [6, 6.07) is 3.74. The fraction of sp³-hybridized carbons (Fsp3) is 0.538. The molecule has 1 unspecified atom stereocenters. The van der Waals surface area contributed by atoms with Gasteiger partial charge in [-0.2, -0.15) is 0 Å². The predicted octanol–water partition coefficient (Wildman–Crippen LogP) is 2.85. The minimum absolute atomic E-state index is 0.514. The second kappa shape index (κ2) is 5.75. The summed E-state index contributed by atoms with van der Waals surface area (Å²) in [5.74, 6) is 1.52. The van der Waals surface area contributed by atoms with Gasteiger partial charge in [-0.1, -0.05) is 0 Å². The Morgan fingerprint density at radius 3 is 2.31 bits per heavy atom. The Bertz CT molecular complexity index is 345. The zero-order chi connectivity index (χ0) is 12.1. The van der Waals surface area contributed by atoms with E-state index in [0.717, 1.165) is 22.6 Å². The van der Waals surface area contributed by atoms with Crippen LogP contribution in [0.2, 0.25) is 0 Å². The molecule has 0 heterocycles. The quantitative estimate of drug-likeness (QED) is 0.835. The van der Waals surface area contributed by atoms with Crippen LogP contribution in [0.3, 0.4) is 0 Å². The summed E-state index contributed by atoms with van der Waals surface area (Å²) in [4.78, 5) is 0. The molecule has 0 aromatic heterocycles. The van der Waals surface area contributed by atoms with Crippen LogP contribution < -0.4 is 9.47 Å². The highest BCUT2D eigenvalue weighted by Crippen LogP contribution is 2.31. The van der Waals surface area contributed by atoms with Gasteiger partial charge < -0.3 is 14.6 Å². The van der Waals surface area contributed by atoms with Gasteiger partial charge >= 0.3 is 0 Å². The van der Waals surface area contributed by atoms with Gasteiger partial charge in [-0.05, 0) is 44.9 Å². The number of ether oxygens (including phenoxy) is 2. The molecule has 0 spiro atoms. The number of hydrogen-bond acceptors (Lipinski definition) is 3. The lowest BCUT2D eigenvalue weighted by Gasteiger charge is -2.16. The van der Waals surface area contributed by atoms with Crippen LogP contribution in [0.5, 0.6) is 11.5 Å². The molecule has 0 aliphatic rings. The first-order chi connectivity index (χ1) is 7.60. The van der Waals surface area contributed by atoms with Crippen molar-refractivity contribution in [3.63, 3.8) is 0 Å². The zero-order valence-corrected chi connectivity index (χ0v) is 10.4. The SMILES string of the molecule is CCOc1cc(OCC)c(C)c(C(C)O)c1. The summed E-state index contributed by atoms with van der Waals surface area (Å²) in [5, 5.41) is 9.68. The van der Waals surface area contributed by atoms with Crippen molar-refractivity contribution in [2.45, 2.75) is 33.8 Å². The van der Waals surface area contributed by atoms with E-state index in [0.29, 0.717) is 13.2 Å². The normalized spacial score (nSPS) is 12.3. The molecule has 90 valence electrons. The van der Waals surface area contributed by atoms with Gasteiger partial charge in [0.25, 0.3) is 0 Å². The first kappa shape index (κ1) is 12.8. The van der Waals surface area contributed by atoms with Crippen molar-refractivity contribution in [1.29, 1.82) is 0 Å². The van der Waals surface area contributed by atoms with Crippen LogP contribution in [0, 0.1) is 6.92 Å². The standard InChI is InChI=1S/C13H20O3/c1-5-15-11-7-12(10(4)14)9(3)13(8-11)16-6-2/h7-8,10,14H,5-6H2,1-4H3. The molecule has 16 heavy (non-hydrogen) atoms. The first-order valence-electron chi connectivity index (χ1n) is 5.68. The Balaban J connectivity index is 3.16. The highest BCUT2D eigenvalue weighted by atomic mass is 16.5. The van der Waals surface area contributed by atoms with Gasteiger partial charge in [-0.15, -0.1) is 0 Å². The molecular formula is C13H20O3. The molecule has 3 heteroatoms. The van der Waals surface area contributed by atoms with E-state index in [9.17, 15) is 5.11 Å². The zero-order valence-electron chi connectivity index (χ0n) is 10.4. The molecule has 1 N–H and O–H groups in total. The molecular weight excluding hydrogens is 204 g/mol. The molecule has 0 saturated heterocycles. The fourth-order valence-corrected chi connectivity index (χ4v) is 1.67. The summed E-state index contributed by atoms with van der Waals surface area (Å²) >= 11 is 0. The summed E-state index contributed by atoms with van der Waals surface area (Å²) in [6.45, 7) is 8.77. The molecule has 1 atom stereocenters. The summed E-state index contributed by atoms with van der Waals surface area (Å²) < 4.78 is 11.0. The first-order valence-corrected chi connectivity index (χ1v) is 5.68. The minimum Gasteiger partial charge on any atom is -0.494 e. The fourth-order valence-electron chi connectivity index (χ4n) is 1.67. The van der Waals surface area contributed by atoms with Gasteiger partial charge in [0, 0.05) is 6.07 Å². The van der Waals surface area contributed by atoms with Gasteiger partial charge in [0.05, 0.1) is 19.3 Å². The highest BCUT2D eigenvalue weighted by molar-refractivity contribution is 5.46.